The van der Waals surface area contributed by atoms with Crippen molar-refractivity contribution in [1.29, 1.82) is 5.26 Å². The van der Waals surface area contributed by atoms with Crippen molar-refractivity contribution in [3.63, 3.8) is 0 Å². The normalized spacial score (nSPS) is 16.2. The van der Waals surface area contributed by atoms with Gasteiger partial charge in [0.25, 0.3) is 0 Å². The van der Waals surface area contributed by atoms with E-state index in [-0.39, 0.29) is 36.1 Å². The van der Waals surface area contributed by atoms with Crippen molar-refractivity contribution in [2.24, 2.45) is 5.92 Å². The maximum Gasteiger partial charge on any atom is 0.436 e. The predicted molar refractivity (Wildman–Crippen MR) is 162 cm³/mol. The number of hydrogen-bond acceptors (Lipinski definition) is 3. The SMILES string of the molecule is CCC(C#N)CB(O[Si](C(C)(C)C)(C(C)(C)C)C(C)(C)C)O[Si](C(C)(C)C)(C(C)(C)C)C(C)(C)C. The van der Waals surface area contributed by atoms with Crippen LogP contribution < -0.4 is 0 Å². The van der Waals surface area contributed by atoms with Crippen molar-refractivity contribution in [1.82, 2.24) is 0 Å². The Morgan fingerprint density at radius 3 is 0.943 bits per heavy atom. The van der Waals surface area contributed by atoms with Gasteiger partial charge in [-0.05, 0) is 43.0 Å². The Bertz CT molecular complexity index is 608. The van der Waals surface area contributed by atoms with E-state index >= 15 is 0 Å². The average Bonchev–Trinajstić information content (AvgIpc) is 2.53. The van der Waals surface area contributed by atoms with Crippen LogP contribution in [0.15, 0.2) is 0 Å². The summed E-state index contributed by atoms with van der Waals surface area (Å²) in [4.78, 5) is 0. The standard InChI is InChI=1S/C29H62BNO2Si2/c1-20-23(22-31)21-30(32-34(24(2,3)4,25(5,6)7)26(8,9)10)33-35(27(11,12)13,28(14,15)16)29(17,18)19/h23H,20-21H2,1-19H3. The first kappa shape index (κ1) is 34.9. The van der Waals surface area contributed by atoms with Crippen LogP contribution in [-0.2, 0) is 8.69 Å². The average molecular weight is 524 g/mol. The third kappa shape index (κ3) is 6.68. The maximum atomic E-state index is 9.99. The molecule has 0 heterocycles. The highest BCUT2D eigenvalue weighted by atomic mass is 28.4. The van der Waals surface area contributed by atoms with E-state index in [1.807, 2.05) is 0 Å². The Morgan fingerprint density at radius 2 is 0.800 bits per heavy atom. The number of nitriles is 1. The van der Waals surface area contributed by atoms with Crippen LogP contribution in [0, 0.1) is 17.2 Å². The van der Waals surface area contributed by atoms with E-state index in [9.17, 15) is 5.26 Å². The summed E-state index contributed by atoms with van der Waals surface area (Å²) >= 11 is 0. The first-order valence-electron chi connectivity index (χ1n) is 13.8. The fourth-order valence-corrected chi connectivity index (χ4v) is 25.7. The van der Waals surface area contributed by atoms with Gasteiger partial charge in [-0.2, -0.15) is 5.26 Å². The third-order valence-electron chi connectivity index (χ3n) is 8.11. The summed E-state index contributed by atoms with van der Waals surface area (Å²) in [6.45, 7) is 44.5. The number of rotatable bonds is 7. The molecule has 6 heteroatoms. The van der Waals surface area contributed by atoms with Gasteiger partial charge < -0.3 is 8.69 Å². The van der Waals surface area contributed by atoms with Crippen LogP contribution in [-0.4, -0.2) is 23.8 Å². The summed E-state index contributed by atoms with van der Waals surface area (Å²) < 4.78 is 15.2. The van der Waals surface area contributed by atoms with E-state index < -0.39 is 23.8 Å². The lowest BCUT2D eigenvalue weighted by atomic mass is 9.78. The molecular weight excluding hydrogens is 461 g/mol. The lowest BCUT2D eigenvalue weighted by molar-refractivity contribution is 0.290. The number of nitrogens with zero attached hydrogens (tertiary/aromatic N) is 1. The van der Waals surface area contributed by atoms with Crippen LogP contribution in [0.4, 0.5) is 0 Å². The van der Waals surface area contributed by atoms with Gasteiger partial charge in [0.05, 0.1) is 6.07 Å². The Kier molecular flexibility index (Phi) is 10.6. The monoisotopic (exact) mass is 523 g/mol. The zero-order valence-corrected chi connectivity index (χ0v) is 29.3. The van der Waals surface area contributed by atoms with Crippen molar-refractivity contribution in [2.45, 2.75) is 175 Å². The minimum absolute atomic E-state index is 0.0190. The summed E-state index contributed by atoms with van der Waals surface area (Å²) in [6.07, 6.45) is 1.44. The number of hydrogen-bond donors (Lipinski definition) is 0. The second-order valence-corrected chi connectivity index (χ2v) is 29.2. The van der Waals surface area contributed by atoms with Crippen molar-refractivity contribution in [3.05, 3.63) is 0 Å². The predicted octanol–water partition coefficient (Wildman–Crippen LogP) is 10.7. The fourth-order valence-electron chi connectivity index (χ4n) is 8.87. The molecule has 3 nitrogen and oxygen atoms in total. The summed E-state index contributed by atoms with van der Waals surface area (Å²) in [5, 5.41) is 9.88. The Morgan fingerprint density at radius 1 is 0.571 bits per heavy atom. The van der Waals surface area contributed by atoms with Crippen molar-refractivity contribution < 1.29 is 8.69 Å². The zero-order valence-electron chi connectivity index (χ0n) is 27.3. The molecule has 0 N–H and O–H groups in total. The molecule has 0 aromatic carbocycles. The highest BCUT2D eigenvalue weighted by molar-refractivity contribution is 6.90. The molecule has 0 bridgehead atoms. The molecule has 0 spiro atoms. The summed E-state index contributed by atoms with van der Waals surface area (Å²) in [5.74, 6) is -0.0850. The molecule has 0 saturated heterocycles. The molecule has 0 rings (SSSR count). The van der Waals surface area contributed by atoms with Crippen molar-refractivity contribution >= 4 is 23.8 Å². The van der Waals surface area contributed by atoms with Gasteiger partial charge in [-0.25, -0.2) is 0 Å². The Labute approximate surface area is 223 Å². The lowest BCUT2D eigenvalue weighted by Crippen LogP contribution is -2.67. The fraction of sp³-hybridized carbons (Fsp3) is 0.966. The van der Waals surface area contributed by atoms with Gasteiger partial charge in [0.2, 0.25) is 0 Å². The van der Waals surface area contributed by atoms with E-state index in [0.717, 1.165) is 6.42 Å². The highest BCUT2D eigenvalue weighted by Gasteiger charge is 2.66. The van der Waals surface area contributed by atoms with E-state index in [0.29, 0.717) is 6.32 Å². The molecule has 0 aromatic rings. The first-order chi connectivity index (χ1) is 15.1. The van der Waals surface area contributed by atoms with Crippen LogP contribution in [0.2, 0.25) is 36.5 Å². The lowest BCUT2D eigenvalue weighted by Gasteiger charge is -2.62. The van der Waals surface area contributed by atoms with Crippen molar-refractivity contribution in [2.75, 3.05) is 0 Å². The molecule has 0 aliphatic heterocycles. The molecule has 0 aromatic heterocycles. The maximum absolute atomic E-state index is 9.99. The molecule has 1 unspecified atom stereocenters. The second kappa shape index (κ2) is 10.6. The molecule has 0 saturated carbocycles. The van der Waals surface area contributed by atoms with Crippen molar-refractivity contribution in [3.8, 4) is 6.07 Å². The minimum atomic E-state index is -2.54. The Hall–Kier alpha value is -0.0913. The first-order valence-corrected chi connectivity index (χ1v) is 17.6. The van der Waals surface area contributed by atoms with Crippen LogP contribution in [0.1, 0.15) is 138 Å². The minimum Gasteiger partial charge on any atom is -0.452 e. The molecule has 0 aliphatic rings. The molecule has 0 radical (unpaired) electrons. The van der Waals surface area contributed by atoms with Gasteiger partial charge in [0.15, 0.2) is 16.6 Å². The highest BCUT2D eigenvalue weighted by Crippen LogP contribution is 2.65. The van der Waals surface area contributed by atoms with Crippen LogP contribution >= 0.6 is 0 Å². The molecule has 0 amide bonds. The molecular formula is C29H62BNO2Si2. The van der Waals surface area contributed by atoms with Gasteiger partial charge in [0, 0.05) is 5.92 Å². The van der Waals surface area contributed by atoms with Gasteiger partial charge >= 0.3 is 7.12 Å². The summed E-state index contributed by atoms with van der Waals surface area (Å²) in [7, 11) is -5.49. The topological polar surface area (TPSA) is 42.2 Å². The van der Waals surface area contributed by atoms with Crippen LogP contribution in [0.25, 0.3) is 0 Å². The largest absolute Gasteiger partial charge is 0.452 e. The van der Waals surface area contributed by atoms with Gasteiger partial charge in [-0.15, -0.1) is 0 Å². The van der Waals surface area contributed by atoms with Gasteiger partial charge in [-0.1, -0.05) is 132 Å². The molecule has 0 aliphatic carbocycles. The van der Waals surface area contributed by atoms with Crippen LogP contribution in [0.5, 0.6) is 0 Å². The second-order valence-electron chi connectivity index (χ2n) is 17.0. The van der Waals surface area contributed by atoms with E-state index in [1.54, 1.807) is 0 Å². The zero-order chi connectivity index (χ0) is 28.7. The third-order valence-corrected chi connectivity index (χ3v) is 22.0. The molecule has 1 atom stereocenters. The molecule has 0 fully saturated rings. The van der Waals surface area contributed by atoms with Gasteiger partial charge in [0.1, 0.15) is 0 Å². The van der Waals surface area contributed by atoms with E-state index in [1.165, 1.54) is 0 Å². The molecule has 35 heavy (non-hydrogen) atoms. The quantitative estimate of drug-likeness (QED) is 0.312. The Balaban J connectivity index is 7.39. The smallest absolute Gasteiger partial charge is 0.436 e. The summed E-state index contributed by atoms with van der Waals surface area (Å²) in [6, 6.07) is 2.56. The summed E-state index contributed by atoms with van der Waals surface area (Å²) in [5.41, 5.74) is 0. The van der Waals surface area contributed by atoms with Gasteiger partial charge in [-0.3, -0.25) is 0 Å². The van der Waals surface area contributed by atoms with E-state index in [4.69, 9.17) is 8.69 Å². The van der Waals surface area contributed by atoms with Crippen LogP contribution in [0.3, 0.4) is 0 Å². The molecule has 206 valence electrons. The van der Waals surface area contributed by atoms with E-state index in [2.05, 4.69) is 138 Å².